The fourth-order valence-corrected chi connectivity index (χ4v) is 2.19. The summed E-state index contributed by atoms with van der Waals surface area (Å²) < 4.78 is 5.29. The molecule has 1 aromatic heterocycles. The summed E-state index contributed by atoms with van der Waals surface area (Å²) in [6.45, 7) is 4.04. The Morgan fingerprint density at radius 1 is 1.24 bits per heavy atom. The van der Waals surface area contributed by atoms with Crippen LogP contribution < -0.4 is 4.74 Å². The summed E-state index contributed by atoms with van der Waals surface area (Å²) in [5.41, 5.74) is 2.33. The molecule has 1 heterocycles. The first kappa shape index (κ1) is 11.9. The molecule has 2 rings (SSSR count). The smallest absolute Gasteiger partial charge is 0.316 e. The molecule has 0 atom stereocenters. The monoisotopic (exact) mass is 246 g/mol. The summed E-state index contributed by atoms with van der Waals surface area (Å²) in [6, 6.07) is 9.55. The lowest BCUT2D eigenvalue weighted by atomic mass is 10.1. The van der Waals surface area contributed by atoms with Crippen LogP contribution in [0.15, 0.2) is 35.7 Å². The van der Waals surface area contributed by atoms with Gasteiger partial charge in [0.05, 0.1) is 6.42 Å². The van der Waals surface area contributed by atoms with Gasteiger partial charge in [0.1, 0.15) is 5.75 Å². The van der Waals surface area contributed by atoms with Crippen LogP contribution in [0.5, 0.6) is 5.75 Å². The van der Waals surface area contributed by atoms with Gasteiger partial charge in [-0.15, -0.1) is 11.3 Å². The van der Waals surface area contributed by atoms with E-state index in [1.54, 1.807) is 11.3 Å². The average molecular weight is 246 g/mol. The van der Waals surface area contributed by atoms with Gasteiger partial charge in [-0.05, 0) is 48.6 Å². The maximum Gasteiger partial charge on any atom is 0.316 e. The standard InChI is InChI=1S/C14H14O2S/c1-10-5-6-12(8-11(10)2)16-14(15)9-13-4-3-7-17-13/h3-8H,9H2,1-2H3. The van der Waals surface area contributed by atoms with Crippen molar-refractivity contribution in [1.29, 1.82) is 0 Å². The molecule has 0 aliphatic carbocycles. The van der Waals surface area contributed by atoms with E-state index in [0.29, 0.717) is 12.2 Å². The quantitative estimate of drug-likeness (QED) is 0.612. The molecule has 0 spiro atoms. The highest BCUT2D eigenvalue weighted by Crippen LogP contribution is 2.17. The first-order valence-electron chi connectivity index (χ1n) is 5.45. The van der Waals surface area contributed by atoms with Crippen molar-refractivity contribution in [1.82, 2.24) is 0 Å². The minimum atomic E-state index is -0.212. The molecular weight excluding hydrogens is 232 g/mol. The van der Waals surface area contributed by atoms with Crippen LogP contribution >= 0.6 is 11.3 Å². The molecule has 2 aromatic rings. The van der Waals surface area contributed by atoms with Crippen LogP contribution in [-0.2, 0) is 11.2 Å². The minimum Gasteiger partial charge on any atom is -0.426 e. The van der Waals surface area contributed by atoms with Gasteiger partial charge >= 0.3 is 5.97 Å². The van der Waals surface area contributed by atoms with Gasteiger partial charge in [-0.2, -0.15) is 0 Å². The van der Waals surface area contributed by atoms with E-state index in [-0.39, 0.29) is 5.97 Å². The van der Waals surface area contributed by atoms with Crippen molar-refractivity contribution < 1.29 is 9.53 Å². The third-order valence-corrected chi connectivity index (χ3v) is 3.49. The van der Waals surface area contributed by atoms with Crippen LogP contribution in [0, 0.1) is 13.8 Å². The third-order valence-electron chi connectivity index (χ3n) is 2.61. The molecule has 0 aliphatic rings. The van der Waals surface area contributed by atoms with Crippen molar-refractivity contribution in [3.63, 3.8) is 0 Å². The predicted octanol–water partition coefficient (Wildman–Crippen LogP) is 3.51. The molecular formula is C14H14O2S. The van der Waals surface area contributed by atoms with E-state index in [4.69, 9.17) is 4.74 Å². The van der Waals surface area contributed by atoms with Gasteiger partial charge in [0.25, 0.3) is 0 Å². The van der Waals surface area contributed by atoms with Gasteiger partial charge in [0, 0.05) is 4.88 Å². The van der Waals surface area contributed by atoms with Gasteiger partial charge in [-0.1, -0.05) is 12.1 Å². The molecule has 2 nitrogen and oxygen atoms in total. The van der Waals surface area contributed by atoms with E-state index >= 15 is 0 Å². The van der Waals surface area contributed by atoms with Crippen LogP contribution in [0.3, 0.4) is 0 Å². The Balaban J connectivity index is 2.00. The molecule has 0 amide bonds. The highest BCUT2D eigenvalue weighted by Gasteiger charge is 2.07. The molecule has 0 radical (unpaired) electrons. The summed E-state index contributed by atoms with van der Waals surface area (Å²) in [6.07, 6.45) is 0.338. The number of esters is 1. The molecule has 17 heavy (non-hydrogen) atoms. The van der Waals surface area contributed by atoms with Gasteiger partial charge in [0.2, 0.25) is 0 Å². The molecule has 88 valence electrons. The largest absolute Gasteiger partial charge is 0.426 e. The van der Waals surface area contributed by atoms with Crippen molar-refractivity contribution in [3.8, 4) is 5.75 Å². The first-order valence-corrected chi connectivity index (χ1v) is 6.33. The molecule has 0 saturated heterocycles. The van der Waals surface area contributed by atoms with Gasteiger partial charge < -0.3 is 4.74 Å². The van der Waals surface area contributed by atoms with Crippen LogP contribution in [-0.4, -0.2) is 5.97 Å². The summed E-state index contributed by atoms with van der Waals surface area (Å²) in [4.78, 5) is 12.7. The number of thiophene rings is 1. The number of rotatable bonds is 3. The number of hydrogen-bond acceptors (Lipinski definition) is 3. The van der Waals surface area contributed by atoms with Gasteiger partial charge in [-0.3, -0.25) is 4.79 Å². The van der Waals surface area contributed by atoms with Crippen LogP contribution in [0.1, 0.15) is 16.0 Å². The second-order valence-corrected chi connectivity index (χ2v) is 5.01. The molecule has 0 N–H and O–H groups in total. The molecule has 3 heteroatoms. The number of carbonyl (C=O) groups is 1. The normalized spacial score (nSPS) is 10.2. The molecule has 0 bridgehead atoms. The maximum absolute atomic E-state index is 11.7. The predicted molar refractivity (Wildman–Crippen MR) is 69.6 cm³/mol. The zero-order chi connectivity index (χ0) is 12.3. The van der Waals surface area contributed by atoms with E-state index in [2.05, 4.69) is 0 Å². The highest BCUT2D eigenvalue weighted by atomic mass is 32.1. The highest BCUT2D eigenvalue weighted by molar-refractivity contribution is 7.10. The van der Waals surface area contributed by atoms with E-state index < -0.39 is 0 Å². The Hall–Kier alpha value is -1.61. The molecule has 0 aliphatic heterocycles. The SMILES string of the molecule is Cc1ccc(OC(=O)Cc2cccs2)cc1C. The van der Waals surface area contributed by atoms with E-state index in [9.17, 15) is 4.79 Å². The van der Waals surface area contributed by atoms with Gasteiger partial charge in [0.15, 0.2) is 0 Å². The summed E-state index contributed by atoms with van der Waals surface area (Å²) in [5, 5.41) is 1.96. The second-order valence-electron chi connectivity index (χ2n) is 3.98. The van der Waals surface area contributed by atoms with Crippen molar-refractivity contribution in [2.75, 3.05) is 0 Å². The van der Waals surface area contributed by atoms with Crippen LogP contribution in [0.2, 0.25) is 0 Å². The van der Waals surface area contributed by atoms with Crippen molar-refractivity contribution in [2.45, 2.75) is 20.3 Å². The summed E-state index contributed by atoms with van der Waals surface area (Å²) in [5.74, 6) is 0.408. The van der Waals surface area contributed by atoms with E-state index in [0.717, 1.165) is 10.4 Å². The summed E-state index contributed by atoms with van der Waals surface area (Å²) >= 11 is 1.57. The maximum atomic E-state index is 11.7. The Kier molecular flexibility index (Phi) is 3.59. The van der Waals surface area contributed by atoms with Crippen LogP contribution in [0.25, 0.3) is 0 Å². The number of hydrogen-bond donors (Lipinski definition) is 0. The first-order chi connectivity index (χ1) is 8.15. The molecule has 0 saturated carbocycles. The van der Waals surface area contributed by atoms with Crippen LogP contribution in [0.4, 0.5) is 0 Å². The zero-order valence-electron chi connectivity index (χ0n) is 9.90. The van der Waals surface area contributed by atoms with Crippen molar-refractivity contribution >= 4 is 17.3 Å². The summed E-state index contributed by atoms with van der Waals surface area (Å²) in [7, 11) is 0. The number of carbonyl (C=O) groups excluding carboxylic acids is 1. The minimum absolute atomic E-state index is 0.212. The number of benzene rings is 1. The lowest BCUT2D eigenvalue weighted by molar-refractivity contribution is -0.133. The third kappa shape index (κ3) is 3.17. The second kappa shape index (κ2) is 5.15. The Morgan fingerprint density at radius 2 is 2.06 bits per heavy atom. The topological polar surface area (TPSA) is 26.3 Å². The van der Waals surface area contributed by atoms with Crippen molar-refractivity contribution in [2.24, 2.45) is 0 Å². The lowest BCUT2D eigenvalue weighted by Crippen LogP contribution is -2.10. The molecule has 0 unspecified atom stereocenters. The van der Waals surface area contributed by atoms with E-state index in [1.165, 1.54) is 5.56 Å². The molecule has 0 fully saturated rings. The van der Waals surface area contributed by atoms with Gasteiger partial charge in [-0.25, -0.2) is 0 Å². The fraction of sp³-hybridized carbons (Fsp3) is 0.214. The fourth-order valence-electron chi connectivity index (χ4n) is 1.50. The Morgan fingerprint density at radius 3 is 2.71 bits per heavy atom. The molecule has 1 aromatic carbocycles. The Labute approximate surface area is 105 Å². The average Bonchev–Trinajstić information content (AvgIpc) is 2.76. The number of ether oxygens (including phenoxy) is 1. The Bertz CT molecular complexity index is 515. The van der Waals surface area contributed by atoms with Crippen molar-refractivity contribution in [3.05, 3.63) is 51.7 Å². The lowest BCUT2D eigenvalue weighted by Gasteiger charge is -2.06. The zero-order valence-corrected chi connectivity index (χ0v) is 10.7. The van der Waals surface area contributed by atoms with E-state index in [1.807, 2.05) is 49.6 Å². The number of aryl methyl sites for hydroxylation is 2.